The Morgan fingerprint density at radius 2 is 2.00 bits per heavy atom. The van der Waals surface area contributed by atoms with Gasteiger partial charge in [0, 0.05) is 18.7 Å². The molecule has 1 saturated heterocycles. The topological polar surface area (TPSA) is 64.4 Å². The predicted octanol–water partition coefficient (Wildman–Crippen LogP) is 2.34. The van der Waals surface area contributed by atoms with E-state index in [0.717, 1.165) is 31.6 Å². The summed E-state index contributed by atoms with van der Waals surface area (Å²) in [4.78, 5) is 26.5. The lowest BCUT2D eigenvalue weighted by atomic mass is 10.0. The van der Waals surface area contributed by atoms with Crippen LogP contribution in [0.25, 0.3) is 0 Å². The van der Waals surface area contributed by atoms with Crippen molar-refractivity contribution >= 4 is 5.91 Å². The third-order valence-corrected chi connectivity index (χ3v) is 4.46. The molecule has 0 spiro atoms. The maximum atomic E-state index is 12.7. The molecule has 25 heavy (non-hydrogen) atoms. The summed E-state index contributed by atoms with van der Waals surface area (Å²) in [7, 11) is 0. The summed E-state index contributed by atoms with van der Waals surface area (Å²) in [6.45, 7) is 3.41. The van der Waals surface area contributed by atoms with Gasteiger partial charge in [0.15, 0.2) is 0 Å². The number of carbonyl (C=O) groups is 1. The second-order valence-electron chi connectivity index (χ2n) is 6.28. The molecule has 0 bridgehead atoms. The highest BCUT2D eigenvalue weighted by Gasteiger charge is 2.25. The van der Waals surface area contributed by atoms with E-state index in [1.165, 1.54) is 16.8 Å². The number of para-hydroxylation sites is 1. The van der Waals surface area contributed by atoms with Crippen LogP contribution in [-0.2, 0) is 6.54 Å². The first-order valence-electron chi connectivity index (χ1n) is 8.72. The van der Waals surface area contributed by atoms with Crippen LogP contribution in [0.5, 0.6) is 5.75 Å². The Hall–Kier alpha value is -2.63. The van der Waals surface area contributed by atoms with Crippen LogP contribution in [0.3, 0.4) is 0 Å². The Bertz CT molecular complexity index is 773. The minimum atomic E-state index is -0.236. The lowest BCUT2D eigenvalue weighted by molar-refractivity contribution is 0.0626. The quantitative estimate of drug-likeness (QED) is 0.837. The van der Waals surface area contributed by atoms with E-state index in [1.807, 2.05) is 35.2 Å². The zero-order chi connectivity index (χ0) is 17.6. The van der Waals surface area contributed by atoms with Crippen LogP contribution >= 0.6 is 0 Å². The third kappa shape index (κ3) is 4.26. The number of benzene rings is 1. The lowest BCUT2D eigenvalue weighted by Gasteiger charge is -2.33. The molecule has 0 saturated carbocycles. The number of piperidine rings is 1. The van der Waals surface area contributed by atoms with Crippen molar-refractivity contribution in [3.63, 3.8) is 0 Å². The van der Waals surface area contributed by atoms with Crippen LogP contribution in [0.15, 0.2) is 47.3 Å². The maximum absolute atomic E-state index is 12.7. The molecule has 0 unspecified atom stereocenters. The first-order chi connectivity index (χ1) is 12.1. The number of rotatable bonds is 5. The second-order valence-corrected chi connectivity index (χ2v) is 6.28. The summed E-state index contributed by atoms with van der Waals surface area (Å²) in [5, 5.41) is 4.25. The van der Waals surface area contributed by atoms with Crippen molar-refractivity contribution in [2.75, 3.05) is 13.2 Å². The minimum Gasteiger partial charge on any atom is -0.492 e. The molecule has 2 aromatic rings. The van der Waals surface area contributed by atoms with Crippen molar-refractivity contribution in [2.45, 2.75) is 38.8 Å². The Balaban J connectivity index is 1.67. The van der Waals surface area contributed by atoms with Crippen molar-refractivity contribution in [3.05, 3.63) is 58.5 Å². The van der Waals surface area contributed by atoms with Crippen molar-refractivity contribution in [3.8, 4) is 5.75 Å². The van der Waals surface area contributed by atoms with E-state index >= 15 is 0 Å². The fourth-order valence-corrected chi connectivity index (χ4v) is 3.04. The molecule has 1 atom stereocenters. The average molecular weight is 341 g/mol. The van der Waals surface area contributed by atoms with E-state index in [2.05, 4.69) is 12.0 Å². The molecule has 6 nitrogen and oxygen atoms in total. The van der Waals surface area contributed by atoms with Gasteiger partial charge in [-0.2, -0.15) is 5.10 Å². The molecule has 0 aliphatic carbocycles. The zero-order valence-electron chi connectivity index (χ0n) is 14.4. The summed E-state index contributed by atoms with van der Waals surface area (Å²) >= 11 is 0. The van der Waals surface area contributed by atoms with Crippen LogP contribution < -0.4 is 10.3 Å². The first-order valence-corrected chi connectivity index (χ1v) is 8.72. The summed E-state index contributed by atoms with van der Waals surface area (Å²) in [5.41, 5.74) is 0.0768. The van der Waals surface area contributed by atoms with Gasteiger partial charge in [0.25, 0.3) is 11.5 Å². The van der Waals surface area contributed by atoms with Crippen LogP contribution in [0.4, 0.5) is 0 Å². The third-order valence-electron chi connectivity index (χ3n) is 4.46. The van der Waals surface area contributed by atoms with E-state index in [4.69, 9.17) is 4.74 Å². The minimum absolute atomic E-state index is 0.107. The number of aromatic nitrogens is 2. The molecule has 1 amide bonds. The lowest BCUT2D eigenvalue weighted by Crippen LogP contribution is -2.43. The van der Waals surface area contributed by atoms with E-state index in [0.29, 0.717) is 18.8 Å². The summed E-state index contributed by atoms with van der Waals surface area (Å²) in [5.74, 6) is 0.634. The van der Waals surface area contributed by atoms with Gasteiger partial charge in [-0.15, -0.1) is 0 Å². The average Bonchev–Trinajstić information content (AvgIpc) is 2.64. The molecule has 1 aromatic heterocycles. The number of carbonyl (C=O) groups excluding carboxylic acids is 1. The Labute approximate surface area is 147 Å². The van der Waals surface area contributed by atoms with Crippen LogP contribution in [-0.4, -0.2) is 39.8 Å². The van der Waals surface area contributed by atoms with Crippen molar-refractivity contribution in [1.29, 1.82) is 0 Å². The molecule has 1 aliphatic heterocycles. The fourth-order valence-electron chi connectivity index (χ4n) is 3.04. The van der Waals surface area contributed by atoms with Gasteiger partial charge in [0.1, 0.15) is 18.1 Å². The van der Waals surface area contributed by atoms with Crippen molar-refractivity contribution in [2.24, 2.45) is 0 Å². The largest absolute Gasteiger partial charge is 0.492 e. The van der Waals surface area contributed by atoms with E-state index in [1.54, 1.807) is 0 Å². The van der Waals surface area contributed by atoms with Gasteiger partial charge >= 0.3 is 0 Å². The van der Waals surface area contributed by atoms with Gasteiger partial charge in [0.2, 0.25) is 0 Å². The van der Waals surface area contributed by atoms with Crippen LogP contribution in [0.2, 0.25) is 0 Å². The van der Waals surface area contributed by atoms with Gasteiger partial charge in [-0.1, -0.05) is 18.2 Å². The highest BCUT2D eigenvalue weighted by atomic mass is 16.5. The molecule has 1 aliphatic rings. The Morgan fingerprint density at radius 3 is 2.76 bits per heavy atom. The SMILES string of the molecule is C[C@H]1CCCCN1C(=O)c1ccc(=O)n(CCOc2ccccc2)n1. The molecule has 6 heteroatoms. The molecule has 0 N–H and O–H groups in total. The van der Waals surface area contributed by atoms with Crippen molar-refractivity contribution < 1.29 is 9.53 Å². The monoisotopic (exact) mass is 341 g/mol. The fraction of sp³-hybridized carbons (Fsp3) is 0.421. The number of hydrogen-bond donors (Lipinski definition) is 0. The number of hydrogen-bond acceptors (Lipinski definition) is 4. The molecule has 0 radical (unpaired) electrons. The number of likely N-dealkylation sites (tertiary alicyclic amines) is 1. The van der Waals surface area contributed by atoms with Crippen LogP contribution in [0, 0.1) is 0 Å². The first kappa shape index (κ1) is 17.2. The Kier molecular flexibility index (Phi) is 5.48. The summed E-state index contributed by atoms with van der Waals surface area (Å²) in [6.07, 6.45) is 3.17. The molecular formula is C19H23N3O3. The standard InChI is InChI=1S/C19H23N3O3/c1-15-7-5-6-12-21(15)19(24)17-10-11-18(23)22(20-17)13-14-25-16-8-3-2-4-9-16/h2-4,8-11,15H,5-7,12-14H2,1H3/t15-/m0/s1. The molecule has 132 valence electrons. The van der Waals surface area contributed by atoms with Gasteiger partial charge < -0.3 is 9.64 Å². The highest BCUT2D eigenvalue weighted by Crippen LogP contribution is 2.18. The van der Waals surface area contributed by atoms with Crippen LogP contribution in [0.1, 0.15) is 36.7 Å². The molecule has 3 rings (SSSR count). The smallest absolute Gasteiger partial charge is 0.274 e. The van der Waals surface area contributed by atoms with Gasteiger partial charge in [-0.3, -0.25) is 9.59 Å². The molecule has 1 fully saturated rings. The van der Waals surface area contributed by atoms with Gasteiger partial charge in [-0.25, -0.2) is 4.68 Å². The van der Waals surface area contributed by atoms with Gasteiger partial charge in [-0.05, 0) is 44.4 Å². The zero-order valence-corrected chi connectivity index (χ0v) is 14.4. The van der Waals surface area contributed by atoms with Crippen molar-refractivity contribution in [1.82, 2.24) is 14.7 Å². The number of ether oxygens (including phenoxy) is 1. The predicted molar refractivity (Wildman–Crippen MR) is 94.8 cm³/mol. The summed E-state index contributed by atoms with van der Waals surface area (Å²) < 4.78 is 6.90. The van der Waals surface area contributed by atoms with E-state index in [9.17, 15) is 9.59 Å². The Morgan fingerprint density at radius 1 is 1.20 bits per heavy atom. The molecule has 1 aromatic carbocycles. The molecule has 2 heterocycles. The summed E-state index contributed by atoms with van der Waals surface area (Å²) in [6, 6.07) is 12.5. The second kappa shape index (κ2) is 7.96. The van der Waals surface area contributed by atoms with Gasteiger partial charge in [0.05, 0.1) is 6.54 Å². The normalized spacial score (nSPS) is 17.3. The maximum Gasteiger partial charge on any atom is 0.274 e. The highest BCUT2D eigenvalue weighted by molar-refractivity contribution is 5.92. The van der Waals surface area contributed by atoms with E-state index in [-0.39, 0.29) is 17.5 Å². The number of nitrogens with zero attached hydrogens (tertiary/aromatic N) is 3. The number of amides is 1. The molecular weight excluding hydrogens is 318 g/mol. The van der Waals surface area contributed by atoms with E-state index < -0.39 is 0 Å².